The number of hydrogen-bond donors (Lipinski definition) is 1. The Hall–Kier alpha value is -2.23. The third kappa shape index (κ3) is 4.94. The summed E-state index contributed by atoms with van der Waals surface area (Å²) in [5.74, 6) is 1.25. The molecule has 0 saturated carbocycles. The quantitative estimate of drug-likeness (QED) is 0.480. The summed E-state index contributed by atoms with van der Waals surface area (Å²) in [4.78, 5) is 4.06. The number of nitrogens with zero attached hydrogens (tertiary/aromatic N) is 4. The summed E-state index contributed by atoms with van der Waals surface area (Å²) in [6, 6.07) is 9.97. The van der Waals surface area contributed by atoms with E-state index in [4.69, 9.17) is 5.14 Å². The van der Waals surface area contributed by atoms with Crippen LogP contribution in [0.5, 0.6) is 0 Å². The molecule has 0 spiro atoms. The molecule has 0 amide bonds. The van der Waals surface area contributed by atoms with E-state index in [2.05, 4.69) is 41.2 Å². The van der Waals surface area contributed by atoms with E-state index in [9.17, 15) is 8.42 Å². The van der Waals surface area contributed by atoms with Crippen LogP contribution in [-0.4, -0.2) is 39.7 Å². The van der Waals surface area contributed by atoms with Gasteiger partial charge in [-0.15, -0.1) is 10.2 Å². The van der Waals surface area contributed by atoms with Gasteiger partial charge in [0, 0.05) is 23.7 Å². The fourth-order valence-corrected chi connectivity index (χ4v) is 4.19. The molecule has 0 aliphatic heterocycles. The van der Waals surface area contributed by atoms with Crippen LogP contribution in [0.1, 0.15) is 17.5 Å². The standard InChI is InChI=1S/C18H21N5O2S2/c1-13-4-5-16(12-14(13)2)23-17(15-6-8-20-9-7-15)21-22-18(23)26-10-3-11-27(19,24)25/h4-9,12H,3,10-11H2,1-2H3,(H2,19,24,25). The van der Waals surface area contributed by atoms with Crippen LogP contribution in [0, 0.1) is 13.8 Å². The minimum atomic E-state index is -3.45. The van der Waals surface area contributed by atoms with E-state index in [1.807, 2.05) is 22.8 Å². The van der Waals surface area contributed by atoms with E-state index in [-0.39, 0.29) is 5.75 Å². The molecule has 2 heterocycles. The van der Waals surface area contributed by atoms with Crippen molar-refractivity contribution in [2.24, 2.45) is 5.14 Å². The van der Waals surface area contributed by atoms with Gasteiger partial charge in [0.2, 0.25) is 10.0 Å². The number of hydrogen-bond acceptors (Lipinski definition) is 6. The van der Waals surface area contributed by atoms with E-state index < -0.39 is 10.0 Å². The molecule has 0 unspecified atom stereocenters. The van der Waals surface area contributed by atoms with Gasteiger partial charge in [0.15, 0.2) is 11.0 Å². The first-order valence-electron chi connectivity index (χ1n) is 8.42. The van der Waals surface area contributed by atoms with Crippen LogP contribution in [0.3, 0.4) is 0 Å². The lowest BCUT2D eigenvalue weighted by molar-refractivity contribution is 0.596. The fourth-order valence-electron chi connectivity index (χ4n) is 2.57. The summed E-state index contributed by atoms with van der Waals surface area (Å²) < 4.78 is 24.2. The molecule has 0 saturated heterocycles. The lowest BCUT2D eigenvalue weighted by Crippen LogP contribution is -2.16. The highest BCUT2D eigenvalue weighted by atomic mass is 32.2. The van der Waals surface area contributed by atoms with Crippen molar-refractivity contribution >= 4 is 21.8 Å². The SMILES string of the molecule is Cc1ccc(-n2c(SCCCS(N)(=O)=O)nnc2-c2ccncc2)cc1C. The molecule has 9 heteroatoms. The Morgan fingerprint density at radius 2 is 1.81 bits per heavy atom. The van der Waals surface area contributed by atoms with Crippen molar-refractivity contribution in [3.05, 3.63) is 53.9 Å². The highest BCUT2D eigenvalue weighted by Crippen LogP contribution is 2.29. The molecule has 0 aliphatic rings. The summed E-state index contributed by atoms with van der Waals surface area (Å²) in [7, 11) is -3.45. The van der Waals surface area contributed by atoms with Gasteiger partial charge < -0.3 is 0 Å². The number of pyridine rings is 1. The van der Waals surface area contributed by atoms with Crippen LogP contribution in [-0.2, 0) is 10.0 Å². The van der Waals surface area contributed by atoms with Gasteiger partial charge in [-0.25, -0.2) is 13.6 Å². The van der Waals surface area contributed by atoms with Crippen LogP contribution in [0.15, 0.2) is 47.9 Å². The van der Waals surface area contributed by atoms with E-state index >= 15 is 0 Å². The summed E-state index contributed by atoms with van der Waals surface area (Å²) in [6.07, 6.45) is 3.88. The van der Waals surface area contributed by atoms with Crippen LogP contribution in [0.2, 0.25) is 0 Å². The Bertz CT molecular complexity index is 1030. The molecule has 2 aromatic heterocycles. The number of primary sulfonamides is 1. The summed E-state index contributed by atoms with van der Waals surface area (Å²) in [6.45, 7) is 4.13. The number of aromatic nitrogens is 4. The van der Waals surface area contributed by atoms with Gasteiger partial charge in [0.25, 0.3) is 0 Å². The smallest absolute Gasteiger partial charge is 0.209 e. The number of sulfonamides is 1. The zero-order valence-corrected chi connectivity index (χ0v) is 16.8. The molecule has 27 heavy (non-hydrogen) atoms. The zero-order chi connectivity index (χ0) is 19.4. The lowest BCUT2D eigenvalue weighted by atomic mass is 10.1. The maximum atomic E-state index is 11.1. The predicted molar refractivity (Wildman–Crippen MR) is 107 cm³/mol. The van der Waals surface area contributed by atoms with Crippen molar-refractivity contribution in [2.45, 2.75) is 25.4 Å². The van der Waals surface area contributed by atoms with Gasteiger partial charge in [-0.2, -0.15) is 0 Å². The lowest BCUT2D eigenvalue weighted by Gasteiger charge is -2.12. The van der Waals surface area contributed by atoms with E-state index in [1.165, 1.54) is 22.9 Å². The third-order valence-electron chi connectivity index (χ3n) is 4.12. The van der Waals surface area contributed by atoms with Gasteiger partial charge in [0.1, 0.15) is 0 Å². The van der Waals surface area contributed by atoms with Crippen molar-refractivity contribution in [1.29, 1.82) is 0 Å². The van der Waals surface area contributed by atoms with Crippen LogP contribution in [0.4, 0.5) is 0 Å². The Morgan fingerprint density at radius 1 is 1.07 bits per heavy atom. The molecule has 0 atom stereocenters. The van der Waals surface area contributed by atoms with Crippen molar-refractivity contribution in [2.75, 3.05) is 11.5 Å². The summed E-state index contributed by atoms with van der Waals surface area (Å²) >= 11 is 1.46. The second-order valence-electron chi connectivity index (χ2n) is 6.22. The predicted octanol–water partition coefficient (Wildman–Crippen LogP) is 2.72. The van der Waals surface area contributed by atoms with Gasteiger partial charge >= 0.3 is 0 Å². The number of aryl methyl sites for hydroxylation is 2. The Kier molecular flexibility index (Phi) is 5.93. The highest BCUT2D eigenvalue weighted by Gasteiger charge is 2.16. The molecule has 0 fully saturated rings. The Morgan fingerprint density at radius 3 is 2.48 bits per heavy atom. The number of thioether (sulfide) groups is 1. The normalized spacial score (nSPS) is 11.7. The second-order valence-corrected chi connectivity index (χ2v) is 9.01. The molecular weight excluding hydrogens is 382 g/mol. The molecule has 2 N–H and O–H groups in total. The summed E-state index contributed by atoms with van der Waals surface area (Å²) in [5, 5.41) is 14.5. The van der Waals surface area contributed by atoms with Crippen LogP contribution in [0.25, 0.3) is 17.1 Å². The van der Waals surface area contributed by atoms with E-state index in [0.29, 0.717) is 17.3 Å². The molecule has 0 radical (unpaired) electrons. The van der Waals surface area contributed by atoms with Gasteiger partial charge in [-0.3, -0.25) is 9.55 Å². The molecule has 7 nitrogen and oxygen atoms in total. The zero-order valence-electron chi connectivity index (χ0n) is 15.2. The van der Waals surface area contributed by atoms with Crippen molar-refractivity contribution in [1.82, 2.24) is 19.7 Å². The first-order chi connectivity index (χ1) is 12.8. The molecule has 0 aliphatic carbocycles. The van der Waals surface area contributed by atoms with Gasteiger partial charge in [-0.1, -0.05) is 17.8 Å². The first-order valence-corrected chi connectivity index (χ1v) is 11.1. The minimum Gasteiger partial charge on any atom is -0.270 e. The fraction of sp³-hybridized carbons (Fsp3) is 0.278. The first kappa shape index (κ1) is 19.5. The Balaban J connectivity index is 1.96. The third-order valence-corrected chi connectivity index (χ3v) is 6.00. The maximum absolute atomic E-state index is 11.1. The van der Waals surface area contributed by atoms with E-state index in [0.717, 1.165) is 17.1 Å². The molecule has 3 rings (SSSR count). The van der Waals surface area contributed by atoms with Gasteiger partial charge in [0.05, 0.1) is 11.4 Å². The van der Waals surface area contributed by atoms with Crippen LogP contribution >= 0.6 is 11.8 Å². The van der Waals surface area contributed by atoms with Crippen LogP contribution < -0.4 is 5.14 Å². The molecule has 1 aromatic carbocycles. The molecule has 3 aromatic rings. The molecule has 0 bridgehead atoms. The average molecular weight is 404 g/mol. The number of nitrogens with two attached hydrogens (primary N) is 1. The van der Waals surface area contributed by atoms with Crippen molar-refractivity contribution in [3.63, 3.8) is 0 Å². The Labute approximate surface area is 163 Å². The monoisotopic (exact) mass is 403 g/mol. The molecular formula is C18H21N5O2S2. The largest absolute Gasteiger partial charge is 0.270 e. The second kappa shape index (κ2) is 8.20. The average Bonchev–Trinajstić information content (AvgIpc) is 3.05. The number of rotatable bonds is 7. The maximum Gasteiger partial charge on any atom is 0.209 e. The summed E-state index contributed by atoms with van der Waals surface area (Å²) in [5.41, 5.74) is 4.25. The number of benzene rings is 1. The minimum absolute atomic E-state index is 0.0466. The van der Waals surface area contributed by atoms with Crippen molar-refractivity contribution in [3.8, 4) is 17.1 Å². The molecule has 142 valence electrons. The topological polar surface area (TPSA) is 104 Å². The highest BCUT2D eigenvalue weighted by molar-refractivity contribution is 7.99. The van der Waals surface area contributed by atoms with Crippen molar-refractivity contribution < 1.29 is 8.42 Å². The van der Waals surface area contributed by atoms with Gasteiger partial charge in [-0.05, 0) is 55.7 Å². The van der Waals surface area contributed by atoms with E-state index in [1.54, 1.807) is 12.4 Å².